The van der Waals surface area contributed by atoms with Crippen LogP contribution in [0.5, 0.6) is 5.88 Å². The predicted octanol–water partition coefficient (Wildman–Crippen LogP) is 1.70. The van der Waals surface area contributed by atoms with Gasteiger partial charge in [0.2, 0.25) is 11.8 Å². The maximum Gasteiger partial charge on any atom is 0.259 e. The molecule has 0 spiro atoms. The molecule has 29 heavy (non-hydrogen) atoms. The number of aliphatic hydroxyl groups is 1. The van der Waals surface area contributed by atoms with Gasteiger partial charge in [0.25, 0.3) is 5.91 Å². The summed E-state index contributed by atoms with van der Waals surface area (Å²) < 4.78 is 5.45. The average molecular weight is 399 g/mol. The molecule has 4 aliphatic rings. The van der Waals surface area contributed by atoms with Gasteiger partial charge in [-0.3, -0.25) is 9.59 Å². The van der Waals surface area contributed by atoms with Crippen molar-refractivity contribution in [2.45, 2.75) is 82.0 Å². The van der Waals surface area contributed by atoms with Gasteiger partial charge in [0.15, 0.2) is 0 Å². The zero-order valence-corrected chi connectivity index (χ0v) is 17.0. The highest BCUT2D eigenvalue weighted by Crippen LogP contribution is 2.39. The molecule has 156 valence electrons. The molecule has 7 nitrogen and oxygen atoms in total. The molecule has 1 N–H and O–H groups in total. The number of rotatable bonds is 3. The lowest BCUT2D eigenvalue weighted by Gasteiger charge is -2.36. The van der Waals surface area contributed by atoms with Crippen molar-refractivity contribution in [3.05, 3.63) is 22.9 Å². The van der Waals surface area contributed by atoms with Crippen molar-refractivity contribution >= 4 is 11.8 Å². The van der Waals surface area contributed by atoms with Crippen LogP contribution in [0.3, 0.4) is 0 Å². The third-order valence-corrected chi connectivity index (χ3v) is 7.30. The average Bonchev–Trinajstić information content (AvgIpc) is 3.41. The monoisotopic (exact) mass is 399 g/mol. The van der Waals surface area contributed by atoms with Crippen LogP contribution in [-0.2, 0) is 17.6 Å². The minimum absolute atomic E-state index is 0.0646. The summed E-state index contributed by atoms with van der Waals surface area (Å²) in [6, 6.07) is 2.19. The number of hydrogen-bond acceptors (Lipinski definition) is 5. The van der Waals surface area contributed by atoms with Gasteiger partial charge in [0.05, 0.1) is 25.3 Å². The van der Waals surface area contributed by atoms with Crippen molar-refractivity contribution in [3.8, 4) is 5.88 Å². The molecule has 0 unspecified atom stereocenters. The van der Waals surface area contributed by atoms with E-state index in [-0.39, 0.29) is 36.0 Å². The molecule has 0 radical (unpaired) electrons. The quantitative estimate of drug-likeness (QED) is 0.837. The molecular formula is C22H29N3O4. The van der Waals surface area contributed by atoms with Crippen molar-refractivity contribution in [2.24, 2.45) is 0 Å². The Morgan fingerprint density at radius 2 is 1.97 bits per heavy atom. The first kappa shape index (κ1) is 18.9. The minimum Gasteiger partial charge on any atom is -0.480 e. The van der Waals surface area contributed by atoms with Gasteiger partial charge < -0.3 is 19.6 Å². The number of aryl methyl sites for hydroxylation is 2. The normalized spacial score (nSPS) is 31.2. The maximum absolute atomic E-state index is 13.4. The van der Waals surface area contributed by atoms with Gasteiger partial charge >= 0.3 is 0 Å². The van der Waals surface area contributed by atoms with E-state index in [4.69, 9.17) is 4.74 Å². The highest BCUT2D eigenvalue weighted by Gasteiger charge is 2.51. The third kappa shape index (κ3) is 3.10. The third-order valence-electron chi connectivity index (χ3n) is 7.30. The van der Waals surface area contributed by atoms with Crippen molar-refractivity contribution < 1.29 is 19.4 Å². The minimum atomic E-state index is -0.235. The van der Waals surface area contributed by atoms with Crippen LogP contribution in [0.25, 0.3) is 0 Å². The second-order valence-electron chi connectivity index (χ2n) is 8.89. The molecule has 2 aliphatic heterocycles. The Hall–Kier alpha value is -2.15. The van der Waals surface area contributed by atoms with Crippen molar-refractivity contribution in [1.82, 2.24) is 14.8 Å². The number of hydrogen-bond donors (Lipinski definition) is 1. The summed E-state index contributed by atoms with van der Waals surface area (Å²) in [5.74, 6) is 0.491. The number of fused-ring (bicyclic) bond motifs is 2. The number of pyridine rings is 1. The summed E-state index contributed by atoms with van der Waals surface area (Å²) in [5.41, 5.74) is 2.72. The second-order valence-corrected chi connectivity index (χ2v) is 8.89. The van der Waals surface area contributed by atoms with Gasteiger partial charge in [-0.1, -0.05) is 0 Å². The highest BCUT2D eigenvalue weighted by molar-refractivity contribution is 5.98. The zero-order valence-electron chi connectivity index (χ0n) is 17.0. The lowest BCUT2D eigenvalue weighted by molar-refractivity contribution is -0.132. The van der Waals surface area contributed by atoms with E-state index in [0.717, 1.165) is 62.6 Å². The Bertz CT molecular complexity index is 834. The number of carbonyl (C=O) groups is 2. The van der Waals surface area contributed by atoms with Gasteiger partial charge in [-0.15, -0.1) is 0 Å². The molecule has 3 fully saturated rings. The van der Waals surface area contributed by atoms with E-state index in [0.29, 0.717) is 24.4 Å². The molecule has 5 rings (SSSR count). The lowest BCUT2D eigenvalue weighted by atomic mass is 9.91. The SMILES string of the molecule is COc1nc2c(cc1C(=O)N1CC[C@H]3[C@@H]1CC(=O)N3C1CCC(O)CC1)CCC2. The van der Waals surface area contributed by atoms with Crippen LogP contribution in [0.2, 0.25) is 0 Å². The van der Waals surface area contributed by atoms with E-state index < -0.39 is 0 Å². The fourth-order valence-corrected chi connectivity index (χ4v) is 5.86. The highest BCUT2D eigenvalue weighted by atomic mass is 16.5. The molecular weight excluding hydrogens is 370 g/mol. The van der Waals surface area contributed by atoms with Crippen LogP contribution in [-0.4, -0.2) is 69.6 Å². The largest absolute Gasteiger partial charge is 0.480 e. The summed E-state index contributed by atoms with van der Waals surface area (Å²) in [6.07, 6.45) is 7.17. The van der Waals surface area contributed by atoms with E-state index in [1.54, 1.807) is 7.11 Å². The lowest BCUT2D eigenvalue weighted by Crippen LogP contribution is -2.46. The number of ether oxygens (including phenoxy) is 1. The first-order valence-corrected chi connectivity index (χ1v) is 10.9. The van der Waals surface area contributed by atoms with E-state index in [2.05, 4.69) is 4.98 Å². The first-order valence-electron chi connectivity index (χ1n) is 10.9. The fourth-order valence-electron chi connectivity index (χ4n) is 5.86. The second kappa shape index (κ2) is 7.27. The van der Waals surface area contributed by atoms with Crippen LogP contribution < -0.4 is 4.74 Å². The summed E-state index contributed by atoms with van der Waals surface area (Å²) in [5, 5.41) is 9.81. The number of aliphatic hydroxyl groups excluding tert-OH is 1. The van der Waals surface area contributed by atoms with Gasteiger partial charge in [-0.25, -0.2) is 4.98 Å². The number of likely N-dealkylation sites (tertiary alicyclic amines) is 2. The molecule has 1 aromatic rings. The summed E-state index contributed by atoms with van der Waals surface area (Å²) in [4.78, 5) is 34.8. The van der Waals surface area contributed by atoms with Gasteiger partial charge in [-0.05, 0) is 63.0 Å². The van der Waals surface area contributed by atoms with Crippen molar-refractivity contribution in [2.75, 3.05) is 13.7 Å². The van der Waals surface area contributed by atoms with E-state index >= 15 is 0 Å². The molecule has 1 saturated carbocycles. The number of carbonyl (C=O) groups excluding carboxylic acids is 2. The maximum atomic E-state index is 13.4. The van der Waals surface area contributed by atoms with Crippen LogP contribution in [0.4, 0.5) is 0 Å². The Morgan fingerprint density at radius 3 is 2.72 bits per heavy atom. The van der Waals surface area contributed by atoms with E-state index in [9.17, 15) is 14.7 Å². The molecule has 1 aromatic heterocycles. The topological polar surface area (TPSA) is 83.0 Å². The molecule has 2 amide bonds. The number of methoxy groups -OCH3 is 1. The standard InChI is InChI=1S/C22H29N3O4/c1-29-21-16(11-13-3-2-4-17(13)23-21)22(28)24-10-9-18-19(24)12-20(27)25(18)14-5-7-15(26)8-6-14/h11,14-15,18-19,26H,2-10,12H2,1H3/t14?,15?,18-,19-/m0/s1. The first-order chi connectivity index (χ1) is 14.1. The van der Waals surface area contributed by atoms with Gasteiger partial charge in [0.1, 0.15) is 5.56 Å². The van der Waals surface area contributed by atoms with Crippen molar-refractivity contribution in [3.63, 3.8) is 0 Å². The van der Waals surface area contributed by atoms with Crippen LogP contribution in [0, 0.1) is 0 Å². The Morgan fingerprint density at radius 1 is 1.17 bits per heavy atom. The Labute approximate surface area is 171 Å². The van der Waals surface area contributed by atoms with E-state index in [1.807, 2.05) is 15.9 Å². The summed E-state index contributed by atoms with van der Waals surface area (Å²) in [6.45, 7) is 0.660. The molecule has 0 bridgehead atoms. The zero-order chi connectivity index (χ0) is 20.1. The summed E-state index contributed by atoms with van der Waals surface area (Å²) in [7, 11) is 1.56. The Balaban J connectivity index is 1.37. The van der Waals surface area contributed by atoms with Gasteiger partial charge in [-0.2, -0.15) is 0 Å². The molecule has 7 heteroatoms. The number of nitrogens with zero attached hydrogens (tertiary/aromatic N) is 3. The number of aromatic nitrogens is 1. The fraction of sp³-hybridized carbons (Fsp3) is 0.682. The smallest absolute Gasteiger partial charge is 0.259 e. The van der Waals surface area contributed by atoms with E-state index in [1.165, 1.54) is 0 Å². The van der Waals surface area contributed by atoms with Crippen LogP contribution >= 0.6 is 0 Å². The van der Waals surface area contributed by atoms with Crippen LogP contribution in [0.15, 0.2) is 6.07 Å². The molecule has 2 aliphatic carbocycles. The summed E-state index contributed by atoms with van der Waals surface area (Å²) >= 11 is 0. The predicted molar refractivity (Wildman–Crippen MR) is 106 cm³/mol. The molecule has 0 aromatic carbocycles. The molecule has 2 saturated heterocycles. The molecule has 2 atom stereocenters. The number of amides is 2. The van der Waals surface area contributed by atoms with Gasteiger partial charge in [0, 0.05) is 24.7 Å². The van der Waals surface area contributed by atoms with Crippen molar-refractivity contribution in [1.29, 1.82) is 0 Å². The van der Waals surface area contributed by atoms with Crippen LogP contribution in [0.1, 0.15) is 66.6 Å². The Kier molecular flexibility index (Phi) is 4.73. The molecule has 3 heterocycles.